The van der Waals surface area contributed by atoms with Gasteiger partial charge in [-0.2, -0.15) is 0 Å². The maximum atomic E-state index is 10.1. The number of carbonyl (C=O) groups is 1. The first-order valence-corrected chi connectivity index (χ1v) is 5.83. The van der Waals surface area contributed by atoms with Crippen molar-refractivity contribution in [1.29, 1.82) is 0 Å². The molecule has 2 N–H and O–H groups in total. The number of aliphatic hydroxyl groups is 1. The van der Waals surface area contributed by atoms with Crippen LogP contribution in [0.1, 0.15) is 12.8 Å². The minimum absolute atomic E-state index is 0.0675. The van der Waals surface area contributed by atoms with Crippen molar-refractivity contribution < 1.29 is 24.1 Å². The lowest BCUT2D eigenvalue weighted by molar-refractivity contribution is -0.119. The molecule has 0 unspecified atom stereocenters. The summed E-state index contributed by atoms with van der Waals surface area (Å²) in [6.07, 6.45) is 1.76. The Hall–Kier alpha value is -0.690. The van der Waals surface area contributed by atoms with E-state index in [2.05, 4.69) is 5.32 Å². The van der Waals surface area contributed by atoms with E-state index in [1.165, 1.54) is 0 Å². The largest absolute Gasteiger partial charge is 0.394 e. The summed E-state index contributed by atoms with van der Waals surface area (Å²) >= 11 is 0. The lowest BCUT2D eigenvalue weighted by Gasteiger charge is -2.03. The molecule has 1 saturated heterocycles. The zero-order valence-corrected chi connectivity index (χ0v) is 10.4. The van der Waals surface area contributed by atoms with Gasteiger partial charge in [0.1, 0.15) is 0 Å². The Kier molecular flexibility index (Phi) is 12.8. The third-order valence-electron chi connectivity index (χ3n) is 1.94. The molecule has 102 valence electrons. The van der Waals surface area contributed by atoms with Gasteiger partial charge in [0.25, 0.3) is 0 Å². The molecule has 6 nitrogen and oxygen atoms in total. The fraction of sp³-hybridized carbons (Fsp3) is 0.909. The minimum Gasteiger partial charge on any atom is -0.394 e. The Morgan fingerprint density at radius 1 is 1.18 bits per heavy atom. The van der Waals surface area contributed by atoms with Gasteiger partial charge in [0, 0.05) is 20.1 Å². The molecule has 0 aromatic rings. The zero-order chi connectivity index (χ0) is 12.8. The van der Waals surface area contributed by atoms with Crippen molar-refractivity contribution in [3.05, 3.63) is 0 Å². The highest BCUT2D eigenvalue weighted by Gasteiger charge is 2.05. The van der Waals surface area contributed by atoms with Gasteiger partial charge in [-0.1, -0.05) is 0 Å². The Labute approximate surface area is 102 Å². The van der Waals surface area contributed by atoms with Crippen LogP contribution in [0.4, 0.5) is 0 Å². The lowest BCUT2D eigenvalue weighted by atomic mass is 10.4. The average molecular weight is 249 g/mol. The van der Waals surface area contributed by atoms with Crippen LogP contribution in [0, 0.1) is 0 Å². The molecular formula is C11H23NO5. The SMILES string of the molecule is COCCOCCOCCO.O=C1CCCN1. The molecule has 0 aromatic heterocycles. The van der Waals surface area contributed by atoms with Gasteiger partial charge in [-0.25, -0.2) is 0 Å². The molecule has 0 aliphatic carbocycles. The van der Waals surface area contributed by atoms with E-state index in [0.717, 1.165) is 19.4 Å². The minimum atomic E-state index is 0.0675. The number of amides is 1. The normalized spacial score (nSPS) is 14.1. The van der Waals surface area contributed by atoms with Crippen LogP contribution < -0.4 is 5.32 Å². The van der Waals surface area contributed by atoms with Crippen molar-refractivity contribution in [2.75, 3.05) is 53.3 Å². The second-order valence-electron chi connectivity index (χ2n) is 3.39. The smallest absolute Gasteiger partial charge is 0.220 e. The highest BCUT2D eigenvalue weighted by Crippen LogP contribution is 1.93. The van der Waals surface area contributed by atoms with Crippen molar-refractivity contribution >= 4 is 5.91 Å². The van der Waals surface area contributed by atoms with Gasteiger partial charge in [0.15, 0.2) is 0 Å². The Morgan fingerprint density at radius 2 is 1.82 bits per heavy atom. The zero-order valence-electron chi connectivity index (χ0n) is 10.4. The molecule has 0 spiro atoms. The number of hydrogen-bond acceptors (Lipinski definition) is 5. The summed E-state index contributed by atoms with van der Waals surface area (Å²) in [5.74, 6) is 0.204. The first-order valence-electron chi connectivity index (χ1n) is 5.83. The summed E-state index contributed by atoms with van der Waals surface area (Å²) in [4.78, 5) is 10.1. The Morgan fingerprint density at radius 3 is 2.24 bits per heavy atom. The molecular weight excluding hydrogens is 226 g/mol. The molecule has 0 aromatic carbocycles. The average Bonchev–Trinajstić information content (AvgIpc) is 2.80. The Balaban J connectivity index is 0.000000354. The molecule has 1 aliphatic heterocycles. The van der Waals surface area contributed by atoms with Crippen LogP contribution in [0.15, 0.2) is 0 Å². The van der Waals surface area contributed by atoms with Crippen LogP contribution >= 0.6 is 0 Å². The van der Waals surface area contributed by atoms with Gasteiger partial charge >= 0.3 is 0 Å². The highest BCUT2D eigenvalue weighted by atomic mass is 16.5. The summed E-state index contributed by atoms with van der Waals surface area (Å²) in [7, 11) is 1.63. The van der Waals surface area contributed by atoms with Gasteiger partial charge in [-0.15, -0.1) is 0 Å². The fourth-order valence-electron chi connectivity index (χ4n) is 1.09. The maximum Gasteiger partial charge on any atom is 0.220 e. The molecule has 0 saturated carbocycles. The second-order valence-corrected chi connectivity index (χ2v) is 3.39. The van der Waals surface area contributed by atoms with Gasteiger partial charge in [0.2, 0.25) is 5.91 Å². The summed E-state index contributed by atoms with van der Waals surface area (Å²) in [5.41, 5.74) is 0. The predicted molar refractivity (Wildman–Crippen MR) is 62.8 cm³/mol. The summed E-state index contributed by atoms with van der Waals surface area (Å²) in [5, 5.41) is 11.0. The van der Waals surface area contributed by atoms with Crippen LogP contribution in [-0.4, -0.2) is 64.3 Å². The van der Waals surface area contributed by atoms with Gasteiger partial charge < -0.3 is 24.6 Å². The van der Waals surface area contributed by atoms with E-state index >= 15 is 0 Å². The van der Waals surface area contributed by atoms with Crippen LogP contribution in [0.3, 0.4) is 0 Å². The number of hydrogen-bond donors (Lipinski definition) is 2. The number of ether oxygens (including phenoxy) is 3. The van der Waals surface area contributed by atoms with Crippen LogP contribution in [0.2, 0.25) is 0 Å². The molecule has 6 heteroatoms. The molecule has 1 heterocycles. The highest BCUT2D eigenvalue weighted by molar-refractivity contribution is 5.77. The summed E-state index contributed by atoms with van der Waals surface area (Å²) < 4.78 is 14.8. The van der Waals surface area contributed by atoms with Crippen LogP contribution in [0.5, 0.6) is 0 Å². The second kappa shape index (κ2) is 13.4. The molecule has 0 radical (unpaired) electrons. The van der Waals surface area contributed by atoms with Gasteiger partial charge in [0.05, 0.1) is 39.6 Å². The van der Waals surface area contributed by atoms with E-state index in [-0.39, 0.29) is 12.5 Å². The van der Waals surface area contributed by atoms with Crippen molar-refractivity contribution in [3.8, 4) is 0 Å². The quantitative estimate of drug-likeness (QED) is 0.570. The van der Waals surface area contributed by atoms with E-state index in [1.54, 1.807) is 7.11 Å². The monoisotopic (exact) mass is 249 g/mol. The number of carbonyl (C=O) groups excluding carboxylic acids is 1. The van der Waals surface area contributed by atoms with Gasteiger partial charge in [-0.05, 0) is 6.42 Å². The molecule has 1 rings (SSSR count). The molecule has 0 atom stereocenters. The summed E-state index contributed by atoms with van der Waals surface area (Å²) in [6.45, 7) is 3.64. The predicted octanol–water partition coefficient (Wildman–Crippen LogP) is -0.445. The third-order valence-corrected chi connectivity index (χ3v) is 1.94. The summed E-state index contributed by atoms with van der Waals surface area (Å²) in [6, 6.07) is 0. The third kappa shape index (κ3) is 13.2. The molecule has 17 heavy (non-hydrogen) atoms. The number of rotatable bonds is 8. The molecule has 1 aliphatic rings. The first kappa shape index (κ1) is 16.3. The van der Waals surface area contributed by atoms with E-state index in [0.29, 0.717) is 33.0 Å². The van der Waals surface area contributed by atoms with Crippen molar-refractivity contribution in [3.63, 3.8) is 0 Å². The standard InChI is InChI=1S/C7H16O4.C4H7NO/c1-9-4-5-11-7-6-10-3-2-8;6-4-2-1-3-5-4/h8H,2-7H2,1H3;1-3H2,(H,5,6). The van der Waals surface area contributed by atoms with Gasteiger partial charge in [-0.3, -0.25) is 4.79 Å². The van der Waals surface area contributed by atoms with E-state index < -0.39 is 0 Å². The molecule has 1 amide bonds. The molecule has 0 bridgehead atoms. The van der Waals surface area contributed by atoms with Crippen molar-refractivity contribution in [2.24, 2.45) is 0 Å². The van der Waals surface area contributed by atoms with E-state index in [4.69, 9.17) is 19.3 Å². The number of methoxy groups -OCH3 is 1. The first-order chi connectivity index (χ1) is 8.31. The maximum absolute atomic E-state index is 10.1. The number of aliphatic hydroxyl groups excluding tert-OH is 1. The van der Waals surface area contributed by atoms with Crippen molar-refractivity contribution in [2.45, 2.75) is 12.8 Å². The number of nitrogens with one attached hydrogen (secondary N) is 1. The van der Waals surface area contributed by atoms with E-state index in [1.807, 2.05) is 0 Å². The topological polar surface area (TPSA) is 77.0 Å². The van der Waals surface area contributed by atoms with Crippen LogP contribution in [-0.2, 0) is 19.0 Å². The van der Waals surface area contributed by atoms with Crippen molar-refractivity contribution in [1.82, 2.24) is 5.32 Å². The molecule has 1 fully saturated rings. The van der Waals surface area contributed by atoms with Crippen LogP contribution in [0.25, 0.3) is 0 Å². The Bertz CT molecular complexity index is 161. The fourth-order valence-corrected chi connectivity index (χ4v) is 1.09. The van der Waals surface area contributed by atoms with E-state index in [9.17, 15) is 4.79 Å². The lowest BCUT2D eigenvalue weighted by Crippen LogP contribution is -2.12.